The van der Waals surface area contributed by atoms with Gasteiger partial charge in [-0.05, 0) is 37.0 Å². The molecule has 3 nitrogen and oxygen atoms in total. The second-order valence-corrected chi connectivity index (χ2v) is 7.80. The van der Waals surface area contributed by atoms with E-state index < -0.39 is 0 Å². The molecule has 110 valence electrons. The van der Waals surface area contributed by atoms with Crippen LogP contribution >= 0.6 is 46.9 Å². The Morgan fingerprint density at radius 2 is 2.15 bits per heavy atom. The Bertz CT molecular complexity index is 536. The van der Waals surface area contributed by atoms with E-state index in [1.54, 1.807) is 11.8 Å². The number of carbonyl (C=O) groups excluding carboxylic acids is 1. The van der Waals surface area contributed by atoms with E-state index in [9.17, 15) is 4.79 Å². The predicted octanol–water partition coefficient (Wildman–Crippen LogP) is 3.33. The van der Waals surface area contributed by atoms with Crippen molar-refractivity contribution in [2.24, 2.45) is 5.73 Å². The molecule has 1 aromatic heterocycles. The van der Waals surface area contributed by atoms with Crippen molar-refractivity contribution in [2.45, 2.75) is 24.5 Å². The van der Waals surface area contributed by atoms with Crippen LogP contribution in [0.2, 0.25) is 5.02 Å². The fraction of sp³-hybridized carbons (Fsp3) is 0.538. The first-order chi connectivity index (χ1) is 9.41. The van der Waals surface area contributed by atoms with Gasteiger partial charge in [-0.25, -0.2) is 0 Å². The highest BCUT2D eigenvalue weighted by atomic mass is 35.5. The number of rotatable bonds is 3. The highest BCUT2D eigenvalue weighted by molar-refractivity contribution is 8.02. The second kappa shape index (κ2) is 6.22. The molecule has 0 aromatic carbocycles. The maximum Gasteiger partial charge on any atom is 0.265 e. The first kappa shape index (κ1) is 16.1. The van der Waals surface area contributed by atoms with Crippen LogP contribution in [0, 0.1) is 6.92 Å². The lowest BCUT2D eigenvalue weighted by molar-refractivity contribution is 0.0724. The zero-order chi connectivity index (χ0) is 14.9. The number of likely N-dealkylation sites (tertiary alicyclic amines) is 1. The predicted molar refractivity (Wildman–Crippen MR) is 92.2 cm³/mol. The molecule has 0 spiro atoms. The van der Waals surface area contributed by atoms with Crippen molar-refractivity contribution < 1.29 is 4.79 Å². The Labute approximate surface area is 137 Å². The minimum Gasteiger partial charge on any atom is -0.392 e. The molecule has 0 bridgehead atoms. The molecule has 0 unspecified atom stereocenters. The molecule has 1 aliphatic heterocycles. The molecule has 1 fully saturated rings. The Morgan fingerprint density at radius 3 is 2.55 bits per heavy atom. The van der Waals surface area contributed by atoms with Gasteiger partial charge in [0, 0.05) is 13.1 Å². The summed E-state index contributed by atoms with van der Waals surface area (Å²) in [6.07, 6.45) is 3.63. The van der Waals surface area contributed by atoms with Crippen LogP contribution in [-0.2, 0) is 0 Å². The number of nitrogens with two attached hydrogens (primary N) is 1. The summed E-state index contributed by atoms with van der Waals surface area (Å²) in [5.74, 6) is 0.0192. The smallest absolute Gasteiger partial charge is 0.265 e. The third kappa shape index (κ3) is 2.84. The maximum absolute atomic E-state index is 12.5. The van der Waals surface area contributed by atoms with Crippen LogP contribution in [0.15, 0.2) is 5.38 Å². The van der Waals surface area contributed by atoms with Crippen molar-refractivity contribution in [2.75, 3.05) is 19.3 Å². The van der Waals surface area contributed by atoms with E-state index in [2.05, 4.69) is 0 Å². The molecule has 0 aliphatic carbocycles. The van der Waals surface area contributed by atoms with Gasteiger partial charge >= 0.3 is 0 Å². The van der Waals surface area contributed by atoms with Crippen molar-refractivity contribution in [3.8, 4) is 0 Å². The van der Waals surface area contributed by atoms with Crippen molar-refractivity contribution in [1.82, 2.24) is 4.90 Å². The van der Waals surface area contributed by atoms with E-state index in [0.29, 0.717) is 28.0 Å². The number of nitrogens with zero attached hydrogens (tertiary/aromatic N) is 1. The van der Waals surface area contributed by atoms with Crippen LogP contribution < -0.4 is 5.73 Å². The summed E-state index contributed by atoms with van der Waals surface area (Å²) in [6.45, 7) is 3.26. The quantitative estimate of drug-likeness (QED) is 0.851. The summed E-state index contributed by atoms with van der Waals surface area (Å²) in [5, 5.41) is 2.50. The van der Waals surface area contributed by atoms with E-state index in [4.69, 9.17) is 29.6 Å². The van der Waals surface area contributed by atoms with Crippen LogP contribution in [0.25, 0.3) is 0 Å². The van der Waals surface area contributed by atoms with E-state index in [0.717, 1.165) is 18.4 Å². The highest BCUT2D eigenvalue weighted by Crippen LogP contribution is 2.36. The number of piperidine rings is 1. The summed E-state index contributed by atoms with van der Waals surface area (Å²) in [4.78, 5) is 15.5. The molecular formula is C13H17ClN2OS3. The summed E-state index contributed by atoms with van der Waals surface area (Å²) in [6, 6.07) is 0. The van der Waals surface area contributed by atoms with Crippen LogP contribution in [0.5, 0.6) is 0 Å². The van der Waals surface area contributed by atoms with E-state index >= 15 is 0 Å². The number of aryl methyl sites for hydroxylation is 1. The molecule has 2 N–H and O–H groups in total. The number of carbonyl (C=O) groups is 1. The summed E-state index contributed by atoms with van der Waals surface area (Å²) >= 11 is 14.5. The molecule has 1 saturated heterocycles. The third-order valence-corrected chi connectivity index (χ3v) is 7.41. The minimum atomic E-state index is -0.165. The number of thiocarbonyl (C=S) groups is 1. The first-order valence-corrected chi connectivity index (χ1v) is 9.18. The normalized spacial score (nSPS) is 18.1. The fourth-order valence-electron chi connectivity index (χ4n) is 2.34. The molecule has 2 heterocycles. The molecule has 0 atom stereocenters. The van der Waals surface area contributed by atoms with E-state index in [1.807, 2.05) is 23.5 Å². The molecule has 20 heavy (non-hydrogen) atoms. The Kier molecular flexibility index (Phi) is 5.00. The zero-order valence-electron chi connectivity index (χ0n) is 11.4. The Hall–Kier alpha value is -0.300. The minimum absolute atomic E-state index is 0.0192. The van der Waals surface area contributed by atoms with Gasteiger partial charge in [-0.15, -0.1) is 11.3 Å². The number of thiophene rings is 1. The molecule has 2 rings (SSSR count). The third-order valence-electron chi connectivity index (χ3n) is 3.79. The van der Waals surface area contributed by atoms with Crippen molar-refractivity contribution in [1.29, 1.82) is 0 Å². The summed E-state index contributed by atoms with van der Waals surface area (Å²) in [5.41, 5.74) is 6.82. The lowest BCUT2D eigenvalue weighted by atomic mass is 9.95. The molecular weight excluding hydrogens is 332 g/mol. The topological polar surface area (TPSA) is 46.3 Å². The van der Waals surface area contributed by atoms with E-state index in [-0.39, 0.29) is 10.7 Å². The maximum atomic E-state index is 12.5. The van der Waals surface area contributed by atoms with Gasteiger partial charge in [-0.2, -0.15) is 11.8 Å². The molecule has 0 radical (unpaired) electrons. The molecule has 7 heteroatoms. The molecule has 1 aliphatic rings. The highest BCUT2D eigenvalue weighted by Gasteiger charge is 2.38. The fourth-order valence-corrected chi connectivity index (χ4v) is 4.83. The van der Waals surface area contributed by atoms with Gasteiger partial charge in [-0.1, -0.05) is 23.8 Å². The van der Waals surface area contributed by atoms with Gasteiger partial charge in [-0.3, -0.25) is 4.79 Å². The van der Waals surface area contributed by atoms with Gasteiger partial charge in [0.05, 0.1) is 14.8 Å². The number of hydrogen-bond acceptors (Lipinski definition) is 4. The summed E-state index contributed by atoms with van der Waals surface area (Å²) < 4.78 is -0.165. The second-order valence-electron chi connectivity index (χ2n) is 4.92. The van der Waals surface area contributed by atoms with E-state index in [1.165, 1.54) is 11.3 Å². The average molecular weight is 349 g/mol. The van der Waals surface area contributed by atoms with Crippen LogP contribution in [-0.4, -0.2) is 39.9 Å². The number of hydrogen-bond donors (Lipinski definition) is 1. The summed E-state index contributed by atoms with van der Waals surface area (Å²) in [7, 11) is 0. The van der Waals surface area contributed by atoms with Crippen molar-refractivity contribution in [3.05, 3.63) is 20.8 Å². The average Bonchev–Trinajstić information content (AvgIpc) is 2.78. The largest absolute Gasteiger partial charge is 0.392 e. The number of amides is 1. The van der Waals surface area contributed by atoms with Crippen molar-refractivity contribution in [3.63, 3.8) is 0 Å². The first-order valence-electron chi connectivity index (χ1n) is 6.29. The molecule has 1 aromatic rings. The SMILES string of the molecule is CSC1(C(N)=S)CCN(C(=O)c2scc(C)c2Cl)CC1. The van der Waals surface area contributed by atoms with Crippen LogP contribution in [0.3, 0.4) is 0 Å². The monoisotopic (exact) mass is 348 g/mol. The number of thioether (sulfide) groups is 1. The van der Waals surface area contributed by atoms with Crippen LogP contribution in [0.1, 0.15) is 28.1 Å². The lowest BCUT2D eigenvalue weighted by Gasteiger charge is -2.39. The van der Waals surface area contributed by atoms with Crippen molar-refractivity contribution >= 4 is 57.8 Å². The number of halogens is 1. The molecule has 1 amide bonds. The Balaban J connectivity index is 2.09. The zero-order valence-corrected chi connectivity index (χ0v) is 14.6. The molecule has 0 saturated carbocycles. The standard InChI is InChI=1S/C13H17ClN2OS3/c1-8-7-20-10(9(8)14)11(17)16-5-3-13(19-2,4-6-16)12(15)18/h7H,3-6H2,1-2H3,(H2,15,18). The Morgan fingerprint density at radius 1 is 1.55 bits per heavy atom. The van der Waals surface area contributed by atoms with Crippen LogP contribution in [0.4, 0.5) is 0 Å². The van der Waals surface area contributed by atoms with Gasteiger partial charge in [0.1, 0.15) is 4.88 Å². The van der Waals surface area contributed by atoms with Gasteiger partial charge in [0.2, 0.25) is 0 Å². The van der Waals surface area contributed by atoms with Gasteiger partial charge < -0.3 is 10.6 Å². The van der Waals surface area contributed by atoms with Gasteiger partial charge in [0.25, 0.3) is 5.91 Å². The lowest BCUT2D eigenvalue weighted by Crippen LogP contribution is -2.50. The van der Waals surface area contributed by atoms with Gasteiger partial charge in [0.15, 0.2) is 0 Å².